The van der Waals surface area contributed by atoms with Crippen LogP contribution in [0.2, 0.25) is 0 Å². The molecule has 8 nitrogen and oxygen atoms in total. The van der Waals surface area contributed by atoms with Gasteiger partial charge in [0, 0.05) is 23.5 Å². The molecule has 0 radical (unpaired) electrons. The van der Waals surface area contributed by atoms with Crippen LogP contribution in [0.3, 0.4) is 0 Å². The van der Waals surface area contributed by atoms with Crippen LogP contribution in [0.1, 0.15) is 12.5 Å². The van der Waals surface area contributed by atoms with Crippen molar-refractivity contribution in [3.63, 3.8) is 0 Å². The minimum atomic E-state index is -1.44. The first-order chi connectivity index (χ1) is 11.0. The first-order valence-corrected chi connectivity index (χ1v) is 6.68. The van der Waals surface area contributed by atoms with Gasteiger partial charge in [-0.15, -0.1) is 0 Å². The number of hydrogen-bond donors (Lipinski definition) is 2. The van der Waals surface area contributed by atoms with Crippen LogP contribution in [0.4, 0.5) is 22.7 Å². The third-order valence-electron chi connectivity index (χ3n) is 3.74. The van der Waals surface area contributed by atoms with Crippen LogP contribution in [-0.2, 0) is 10.2 Å². The lowest BCUT2D eigenvalue weighted by molar-refractivity contribution is -0.384. The third kappa shape index (κ3) is 2.24. The fourth-order valence-corrected chi connectivity index (χ4v) is 2.43. The van der Waals surface area contributed by atoms with Crippen LogP contribution >= 0.6 is 0 Å². The highest BCUT2D eigenvalue weighted by molar-refractivity contribution is 6.09. The molecule has 0 saturated heterocycles. The quantitative estimate of drug-likeness (QED) is 0.663. The number of amides is 1. The average Bonchev–Trinajstić information content (AvgIpc) is 2.78. The van der Waals surface area contributed by atoms with Gasteiger partial charge < -0.3 is 10.6 Å². The molecular weight excluding hydrogens is 298 g/mol. The average molecular weight is 309 g/mol. The summed E-state index contributed by atoms with van der Waals surface area (Å²) >= 11 is 0. The maximum Gasteiger partial charge on any atom is 0.293 e. The van der Waals surface area contributed by atoms with E-state index >= 15 is 0 Å². The number of benzene rings is 1. The van der Waals surface area contributed by atoms with Crippen molar-refractivity contribution in [2.45, 2.75) is 12.3 Å². The van der Waals surface area contributed by atoms with E-state index in [9.17, 15) is 20.2 Å². The van der Waals surface area contributed by atoms with Gasteiger partial charge in [-0.1, -0.05) is 0 Å². The minimum absolute atomic E-state index is 0.212. The molecule has 114 valence electrons. The van der Waals surface area contributed by atoms with Gasteiger partial charge in [0.2, 0.25) is 5.91 Å². The Bertz CT molecular complexity index is 859. The Hall–Kier alpha value is -3.47. The molecule has 0 aliphatic carbocycles. The zero-order chi connectivity index (χ0) is 16.6. The second kappa shape index (κ2) is 5.06. The van der Waals surface area contributed by atoms with Crippen LogP contribution in [0.5, 0.6) is 0 Å². The molecule has 2 heterocycles. The van der Waals surface area contributed by atoms with Gasteiger partial charge in [0.15, 0.2) is 5.41 Å². The molecule has 1 aromatic carbocycles. The van der Waals surface area contributed by atoms with Crippen molar-refractivity contribution in [2.24, 2.45) is 0 Å². The van der Waals surface area contributed by atoms with Crippen LogP contribution in [0.15, 0.2) is 36.7 Å². The van der Waals surface area contributed by atoms with E-state index in [0.717, 1.165) is 0 Å². The van der Waals surface area contributed by atoms with Crippen molar-refractivity contribution in [3.05, 3.63) is 52.3 Å². The molecule has 3 rings (SSSR count). The third-order valence-corrected chi connectivity index (χ3v) is 3.74. The van der Waals surface area contributed by atoms with Crippen molar-refractivity contribution < 1.29 is 9.72 Å². The number of nitro groups is 1. The maximum atomic E-state index is 12.0. The number of fused-ring (bicyclic) bond motifs is 1. The SMILES string of the molecule is CC1(C#N)C(=O)Nc2cc(Nc3cccnc3)c([N+](=O)[O-])cc21. The molecule has 23 heavy (non-hydrogen) atoms. The predicted molar refractivity (Wildman–Crippen MR) is 82.2 cm³/mol. The van der Waals surface area contributed by atoms with Crippen molar-refractivity contribution in [2.75, 3.05) is 10.6 Å². The van der Waals surface area contributed by atoms with E-state index < -0.39 is 16.2 Å². The summed E-state index contributed by atoms with van der Waals surface area (Å²) in [5.74, 6) is -0.497. The maximum absolute atomic E-state index is 12.0. The summed E-state index contributed by atoms with van der Waals surface area (Å²) < 4.78 is 0. The molecule has 1 unspecified atom stereocenters. The number of anilines is 3. The highest BCUT2D eigenvalue weighted by Gasteiger charge is 2.44. The van der Waals surface area contributed by atoms with Gasteiger partial charge >= 0.3 is 0 Å². The fourth-order valence-electron chi connectivity index (χ4n) is 2.43. The number of nitro benzene ring substituents is 1. The zero-order valence-electron chi connectivity index (χ0n) is 12.0. The molecule has 1 aromatic heterocycles. The van der Waals surface area contributed by atoms with Gasteiger partial charge in [0.1, 0.15) is 5.69 Å². The van der Waals surface area contributed by atoms with Gasteiger partial charge in [0.05, 0.1) is 22.9 Å². The Balaban J connectivity index is 2.13. The molecule has 2 N–H and O–H groups in total. The first-order valence-electron chi connectivity index (χ1n) is 6.68. The number of nitrogens with zero attached hydrogens (tertiary/aromatic N) is 3. The van der Waals surface area contributed by atoms with Gasteiger partial charge in [0.25, 0.3) is 5.69 Å². The molecule has 1 atom stereocenters. The number of aromatic nitrogens is 1. The predicted octanol–water partition coefficient (Wildman–Crippen LogP) is 2.47. The minimum Gasteiger partial charge on any atom is -0.349 e. The second-order valence-electron chi connectivity index (χ2n) is 5.23. The van der Waals surface area contributed by atoms with Crippen LogP contribution < -0.4 is 10.6 Å². The molecule has 0 spiro atoms. The normalized spacial score (nSPS) is 18.7. The van der Waals surface area contributed by atoms with Crippen LogP contribution in [0.25, 0.3) is 0 Å². The molecule has 0 fully saturated rings. The Labute approximate surface area is 130 Å². The molecule has 1 aliphatic heterocycles. The second-order valence-corrected chi connectivity index (χ2v) is 5.23. The van der Waals surface area contributed by atoms with E-state index in [1.165, 1.54) is 25.3 Å². The molecule has 8 heteroatoms. The van der Waals surface area contributed by atoms with Crippen molar-refractivity contribution in [1.82, 2.24) is 4.98 Å². The number of hydrogen-bond acceptors (Lipinski definition) is 6. The lowest BCUT2D eigenvalue weighted by Crippen LogP contribution is -2.28. The number of pyridine rings is 1. The van der Waals surface area contributed by atoms with Crippen molar-refractivity contribution in [3.8, 4) is 6.07 Å². The van der Waals surface area contributed by atoms with Gasteiger partial charge in [-0.2, -0.15) is 5.26 Å². The molecule has 0 saturated carbocycles. The molecule has 0 bridgehead atoms. The van der Waals surface area contributed by atoms with Gasteiger partial charge in [-0.3, -0.25) is 19.9 Å². The largest absolute Gasteiger partial charge is 0.349 e. The van der Waals surface area contributed by atoms with Gasteiger partial charge in [-0.05, 0) is 25.1 Å². The lowest BCUT2D eigenvalue weighted by Gasteiger charge is -2.13. The monoisotopic (exact) mass is 309 g/mol. The smallest absolute Gasteiger partial charge is 0.293 e. The number of carbonyl (C=O) groups excluding carboxylic acids is 1. The summed E-state index contributed by atoms with van der Waals surface area (Å²) in [5, 5.41) is 26.1. The summed E-state index contributed by atoms with van der Waals surface area (Å²) in [5.41, 5.74) is -0.186. The van der Waals surface area contributed by atoms with Crippen LogP contribution in [0, 0.1) is 21.4 Å². The summed E-state index contributed by atoms with van der Waals surface area (Å²) in [6.07, 6.45) is 3.11. The summed E-state index contributed by atoms with van der Waals surface area (Å²) in [4.78, 5) is 26.7. The standard InChI is InChI=1S/C15H11N5O3/c1-15(8-16)10-5-13(20(22)23)12(6-11(10)19-14(15)21)18-9-3-2-4-17-7-9/h2-7,18H,1H3,(H,19,21). The van der Waals surface area contributed by atoms with E-state index in [-0.39, 0.29) is 11.4 Å². The topological polar surface area (TPSA) is 121 Å². The lowest BCUT2D eigenvalue weighted by atomic mass is 9.85. The molecule has 1 amide bonds. The zero-order valence-corrected chi connectivity index (χ0v) is 12.0. The van der Waals surface area contributed by atoms with Crippen molar-refractivity contribution >= 4 is 28.7 Å². The van der Waals surface area contributed by atoms with Crippen LogP contribution in [-0.4, -0.2) is 15.8 Å². The van der Waals surface area contributed by atoms with Crippen molar-refractivity contribution in [1.29, 1.82) is 5.26 Å². The summed E-state index contributed by atoms with van der Waals surface area (Å²) in [7, 11) is 0. The highest BCUT2D eigenvalue weighted by atomic mass is 16.6. The van der Waals surface area contributed by atoms with E-state index in [1.807, 2.05) is 6.07 Å². The van der Waals surface area contributed by atoms with E-state index in [4.69, 9.17) is 0 Å². The summed E-state index contributed by atoms with van der Waals surface area (Å²) in [6, 6.07) is 8.04. The molecule has 2 aromatic rings. The van der Waals surface area contributed by atoms with E-state index in [0.29, 0.717) is 16.9 Å². The number of rotatable bonds is 3. The number of nitriles is 1. The number of nitrogens with one attached hydrogen (secondary N) is 2. The Morgan fingerprint density at radius 3 is 2.87 bits per heavy atom. The van der Waals surface area contributed by atoms with Gasteiger partial charge in [-0.25, -0.2) is 0 Å². The number of carbonyl (C=O) groups is 1. The Morgan fingerprint density at radius 2 is 2.26 bits per heavy atom. The summed E-state index contributed by atoms with van der Waals surface area (Å²) in [6.45, 7) is 1.44. The Morgan fingerprint density at radius 1 is 1.48 bits per heavy atom. The Kier molecular flexibility index (Phi) is 3.19. The molecule has 1 aliphatic rings. The van der Waals surface area contributed by atoms with E-state index in [1.54, 1.807) is 18.3 Å². The highest BCUT2D eigenvalue weighted by Crippen LogP contribution is 2.43. The fraction of sp³-hybridized carbons (Fsp3) is 0.133. The van der Waals surface area contributed by atoms with E-state index in [2.05, 4.69) is 15.6 Å². The first kappa shape index (κ1) is 14.5. The molecular formula is C15H11N5O3.